The molecule has 3 rings (SSSR count). The number of morpholine rings is 1. The van der Waals surface area contributed by atoms with Crippen LogP contribution in [0, 0.1) is 6.92 Å². The first-order valence-electron chi connectivity index (χ1n) is 8.56. The molecule has 0 unspecified atom stereocenters. The Kier molecular flexibility index (Phi) is 5.79. The summed E-state index contributed by atoms with van der Waals surface area (Å²) in [5, 5.41) is 2.79. The van der Waals surface area contributed by atoms with Crippen LogP contribution in [0.3, 0.4) is 0 Å². The van der Waals surface area contributed by atoms with E-state index in [-0.39, 0.29) is 10.8 Å². The predicted molar refractivity (Wildman–Crippen MR) is 102 cm³/mol. The number of anilines is 1. The summed E-state index contributed by atoms with van der Waals surface area (Å²) in [5.41, 5.74) is 1.61. The third-order valence-electron chi connectivity index (χ3n) is 4.41. The van der Waals surface area contributed by atoms with E-state index in [2.05, 4.69) is 5.32 Å². The van der Waals surface area contributed by atoms with Crippen LogP contribution in [-0.2, 0) is 14.8 Å². The van der Waals surface area contributed by atoms with E-state index in [1.54, 1.807) is 44.4 Å². The van der Waals surface area contributed by atoms with Crippen LogP contribution in [0.5, 0.6) is 5.75 Å². The Morgan fingerprint density at radius 1 is 1.11 bits per heavy atom. The van der Waals surface area contributed by atoms with Crippen LogP contribution in [-0.4, -0.2) is 52.0 Å². The number of hydrogen-bond donors (Lipinski definition) is 1. The largest absolute Gasteiger partial charge is 0.497 e. The van der Waals surface area contributed by atoms with Crippen LogP contribution in [0.4, 0.5) is 5.69 Å². The number of carbonyl (C=O) groups excluding carboxylic acids is 1. The van der Waals surface area contributed by atoms with Crippen molar-refractivity contribution < 1.29 is 22.7 Å². The standard InChI is InChI=1S/C19H22N2O5S/c1-14-3-8-17(27(23,24)21-9-11-26-12-10-21)13-18(14)19(22)20-15-4-6-16(25-2)7-5-15/h3-8,13H,9-12H2,1-2H3,(H,20,22). The molecule has 1 heterocycles. The number of hydrogen-bond acceptors (Lipinski definition) is 5. The van der Waals surface area contributed by atoms with Crippen LogP contribution in [0.25, 0.3) is 0 Å². The molecule has 1 amide bonds. The molecule has 27 heavy (non-hydrogen) atoms. The lowest BCUT2D eigenvalue weighted by atomic mass is 10.1. The monoisotopic (exact) mass is 390 g/mol. The van der Waals surface area contributed by atoms with Gasteiger partial charge in [-0.15, -0.1) is 0 Å². The van der Waals surface area contributed by atoms with Gasteiger partial charge in [0.25, 0.3) is 5.91 Å². The van der Waals surface area contributed by atoms with Gasteiger partial charge in [-0.05, 0) is 48.9 Å². The van der Waals surface area contributed by atoms with Gasteiger partial charge in [-0.3, -0.25) is 4.79 Å². The van der Waals surface area contributed by atoms with Crippen molar-refractivity contribution in [3.63, 3.8) is 0 Å². The van der Waals surface area contributed by atoms with Crippen molar-refractivity contribution in [3.05, 3.63) is 53.6 Å². The van der Waals surface area contributed by atoms with Crippen LogP contribution in [0.1, 0.15) is 15.9 Å². The van der Waals surface area contributed by atoms with Gasteiger partial charge in [0, 0.05) is 24.3 Å². The van der Waals surface area contributed by atoms with Crippen LogP contribution >= 0.6 is 0 Å². The van der Waals surface area contributed by atoms with E-state index in [0.29, 0.717) is 48.9 Å². The molecule has 0 saturated carbocycles. The third-order valence-corrected chi connectivity index (χ3v) is 6.30. The van der Waals surface area contributed by atoms with Gasteiger partial charge in [0.1, 0.15) is 5.75 Å². The van der Waals surface area contributed by atoms with Gasteiger partial charge in [0.2, 0.25) is 10.0 Å². The summed E-state index contributed by atoms with van der Waals surface area (Å²) in [6, 6.07) is 11.5. The number of amides is 1. The minimum absolute atomic E-state index is 0.106. The summed E-state index contributed by atoms with van der Waals surface area (Å²) in [5.74, 6) is 0.319. The van der Waals surface area contributed by atoms with E-state index in [0.717, 1.165) is 0 Å². The fraction of sp³-hybridized carbons (Fsp3) is 0.316. The number of benzene rings is 2. The van der Waals surface area contributed by atoms with Gasteiger partial charge in [-0.2, -0.15) is 4.31 Å². The lowest BCUT2D eigenvalue weighted by Gasteiger charge is -2.26. The smallest absolute Gasteiger partial charge is 0.255 e. The number of aryl methyl sites for hydroxylation is 1. The molecular formula is C19H22N2O5S. The molecule has 1 fully saturated rings. The maximum atomic E-state index is 12.8. The second-order valence-corrected chi connectivity index (χ2v) is 8.11. The van der Waals surface area contributed by atoms with Crippen molar-refractivity contribution in [1.29, 1.82) is 0 Å². The molecule has 2 aromatic carbocycles. The fourth-order valence-electron chi connectivity index (χ4n) is 2.82. The Labute approximate surface area is 158 Å². The number of nitrogens with one attached hydrogen (secondary N) is 1. The van der Waals surface area contributed by atoms with E-state index >= 15 is 0 Å². The Morgan fingerprint density at radius 2 is 1.78 bits per heavy atom. The molecule has 7 nitrogen and oxygen atoms in total. The molecule has 0 aliphatic carbocycles. The summed E-state index contributed by atoms with van der Waals surface area (Å²) in [4.78, 5) is 12.8. The van der Waals surface area contributed by atoms with Crippen molar-refractivity contribution in [2.45, 2.75) is 11.8 Å². The molecular weight excluding hydrogens is 368 g/mol. The van der Waals surface area contributed by atoms with E-state index in [1.807, 2.05) is 0 Å². The molecule has 1 N–H and O–H groups in total. The summed E-state index contributed by atoms with van der Waals surface area (Å²) < 4.78 is 37.3. The highest BCUT2D eigenvalue weighted by atomic mass is 32.2. The van der Waals surface area contributed by atoms with Crippen LogP contribution in [0.15, 0.2) is 47.4 Å². The first-order valence-corrected chi connectivity index (χ1v) is 10.00. The lowest BCUT2D eigenvalue weighted by molar-refractivity contribution is 0.0730. The molecule has 0 atom stereocenters. The quantitative estimate of drug-likeness (QED) is 0.847. The maximum absolute atomic E-state index is 12.8. The number of ether oxygens (including phenoxy) is 2. The molecule has 1 saturated heterocycles. The highest BCUT2D eigenvalue weighted by molar-refractivity contribution is 7.89. The minimum Gasteiger partial charge on any atom is -0.497 e. The summed E-state index contributed by atoms with van der Waals surface area (Å²) in [6.07, 6.45) is 0. The Morgan fingerprint density at radius 3 is 2.41 bits per heavy atom. The number of methoxy groups -OCH3 is 1. The van der Waals surface area contributed by atoms with Crippen LogP contribution in [0.2, 0.25) is 0 Å². The van der Waals surface area contributed by atoms with E-state index < -0.39 is 10.0 Å². The van der Waals surface area contributed by atoms with E-state index in [1.165, 1.54) is 16.4 Å². The topological polar surface area (TPSA) is 84.9 Å². The maximum Gasteiger partial charge on any atom is 0.255 e. The fourth-order valence-corrected chi connectivity index (χ4v) is 4.25. The van der Waals surface area contributed by atoms with Crippen molar-refractivity contribution in [2.75, 3.05) is 38.7 Å². The predicted octanol–water partition coefficient (Wildman–Crippen LogP) is 2.28. The highest BCUT2D eigenvalue weighted by Gasteiger charge is 2.27. The first-order chi connectivity index (χ1) is 12.9. The van der Waals surface area contributed by atoms with E-state index in [4.69, 9.17) is 9.47 Å². The van der Waals surface area contributed by atoms with Crippen molar-refractivity contribution >= 4 is 21.6 Å². The normalized spacial score (nSPS) is 15.3. The zero-order valence-corrected chi connectivity index (χ0v) is 16.1. The lowest BCUT2D eigenvalue weighted by Crippen LogP contribution is -2.40. The number of carbonyl (C=O) groups is 1. The zero-order valence-electron chi connectivity index (χ0n) is 15.3. The molecule has 144 valence electrons. The second kappa shape index (κ2) is 8.08. The van der Waals surface area contributed by atoms with Gasteiger partial charge in [0.15, 0.2) is 0 Å². The average molecular weight is 390 g/mol. The molecule has 8 heteroatoms. The number of rotatable bonds is 5. The van der Waals surface area contributed by atoms with Crippen molar-refractivity contribution in [1.82, 2.24) is 4.31 Å². The van der Waals surface area contributed by atoms with Crippen LogP contribution < -0.4 is 10.1 Å². The van der Waals surface area contributed by atoms with Gasteiger partial charge in [0.05, 0.1) is 25.2 Å². The summed E-state index contributed by atoms with van der Waals surface area (Å²) >= 11 is 0. The van der Waals surface area contributed by atoms with Crippen molar-refractivity contribution in [2.24, 2.45) is 0 Å². The van der Waals surface area contributed by atoms with Gasteiger partial charge in [-0.1, -0.05) is 6.07 Å². The zero-order chi connectivity index (χ0) is 19.4. The molecule has 1 aliphatic heterocycles. The molecule has 2 aromatic rings. The Balaban J connectivity index is 1.84. The highest BCUT2D eigenvalue weighted by Crippen LogP contribution is 2.22. The molecule has 0 bridgehead atoms. The first kappa shape index (κ1) is 19.3. The third kappa shape index (κ3) is 4.29. The SMILES string of the molecule is COc1ccc(NC(=O)c2cc(S(=O)(=O)N3CCOCC3)ccc2C)cc1. The second-order valence-electron chi connectivity index (χ2n) is 6.18. The number of nitrogens with zero attached hydrogens (tertiary/aromatic N) is 1. The molecule has 0 aromatic heterocycles. The average Bonchev–Trinajstić information content (AvgIpc) is 2.69. The van der Waals surface area contributed by atoms with Gasteiger partial charge < -0.3 is 14.8 Å². The molecule has 0 radical (unpaired) electrons. The molecule has 0 spiro atoms. The molecule has 1 aliphatic rings. The Hall–Kier alpha value is -2.42. The number of sulfonamides is 1. The Bertz CT molecular complexity index is 920. The summed E-state index contributed by atoms with van der Waals surface area (Å²) in [6.45, 7) is 3.13. The minimum atomic E-state index is -3.66. The van der Waals surface area contributed by atoms with Crippen molar-refractivity contribution in [3.8, 4) is 5.75 Å². The van der Waals surface area contributed by atoms with Gasteiger partial charge >= 0.3 is 0 Å². The van der Waals surface area contributed by atoms with E-state index in [9.17, 15) is 13.2 Å². The van der Waals surface area contributed by atoms with Gasteiger partial charge in [-0.25, -0.2) is 8.42 Å². The summed E-state index contributed by atoms with van der Waals surface area (Å²) in [7, 11) is -2.09.